The Hall–Kier alpha value is -2.70. The summed E-state index contributed by atoms with van der Waals surface area (Å²) in [6.07, 6.45) is -17.2. The highest BCUT2D eigenvalue weighted by Crippen LogP contribution is 2.36. The summed E-state index contributed by atoms with van der Waals surface area (Å²) < 4.78 is 104. The van der Waals surface area contributed by atoms with E-state index in [1.54, 1.807) is 30.3 Å². The van der Waals surface area contributed by atoms with Crippen LogP contribution < -0.4 is 4.31 Å². The fourth-order valence-electron chi connectivity index (χ4n) is 3.42. The molecule has 0 unspecified atom stereocenters. The SMILES string of the molecule is O=C(OC(C(F)(F)F)C(F)(F)F)N1CC(CCN(c2cccc3ccccc23)[SH](=O)=O)C1. The predicted molar refractivity (Wildman–Crippen MR) is 104 cm³/mol. The van der Waals surface area contributed by atoms with Crippen molar-refractivity contribution >= 4 is 33.4 Å². The van der Waals surface area contributed by atoms with Gasteiger partial charge >= 0.3 is 18.4 Å². The van der Waals surface area contributed by atoms with Crippen LogP contribution in [0.1, 0.15) is 6.42 Å². The van der Waals surface area contributed by atoms with Gasteiger partial charge in [0, 0.05) is 25.0 Å². The number of carbonyl (C=O) groups excluding carboxylic acids is 1. The molecule has 176 valence electrons. The predicted octanol–water partition coefficient (Wildman–Crippen LogP) is 4.12. The van der Waals surface area contributed by atoms with E-state index in [-0.39, 0.29) is 32.0 Å². The molecule has 1 heterocycles. The Bertz CT molecular complexity index is 1020. The van der Waals surface area contributed by atoms with Gasteiger partial charge in [-0.25, -0.2) is 13.2 Å². The van der Waals surface area contributed by atoms with Crippen molar-refractivity contribution in [2.24, 2.45) is 5.92 Å². The average molecular weight is 484 g/mol. The van der Waals surface area contributed by atoms with Crippen molar-refractivity contribution in [1.82, 2.24) is 4.90 Å². The van der Waals surface area contributed by atoms with Gasteiger partial charge in [0.15, 0.2) is 0 Å². The molecule has 0 bridgehead atoms. The van der Waals surface area contributed by atoms with E-state index in [0.29, 0.717) is 16.0 Å². The van der Waals surface area contributed by atoms with Gasteiger partial charge in [0.2, 0.25) is 10.9 Å². The van der Waals surface area contributed by atoms with Crippen LogP contribution in [-0.2, 0) is 15.6 Å². The molecular weight excluding hydrogens is 466 g/mol. The van der Waals surface area contributed by atoms with Crippen molar-refractivity contribution < 1.29 is 44.3 Å². The van der Waals surface area contributed by atoms with Crippen LogP contribution in [-0.4, -0.2) is 57.5 Å². The zero-order valence-corrected chi connectivity index (χ0v) is 17.2. The minimum absolute atomic E-state index is 0.0357. The molecule has 1 saturated heterocycles. The number of hydrogen-bond acceptors (Lipinski definition) is 4. The summed E-state index contributed by atoms with van der Waals surface area (Å²) in [5.74, 6) is -0.301. The second-order valence-corrected chi connectivity index (χ2v) is 8.22. The van der Waals surface area contributed by atoms with E-state index in [1.165, 1.54) is 0 Å². The molecule has 0 radical (unpaired) electrons. The van der Waals surface area contributed by atoms with Crippen molar-refractivity contribution in [3.63, 3.8) is 0 Å². The Kier molecular flexibility index (Phi) is 6.77. The molecule has 1 fully saturated rings. The molecule has 0 aliphatic carbocycles. The first-order valence-electron chi connectivity index (χ1n) is 9.36. The smallest absolute Gasteiger partial charge is 0.426 e. The average Bonchev–Trinajstić information content (AvgIpc) is 2.65. The lowest BCUT2D eigenvalue weighted by Gasteiger charge is -2.39. The van der Waals surface area contributed by atoms with Crippen LogP contribution in [0.5, 0.6) is 0 Å². The second kappa shape index (κ2) is 9.04. The largest absolute Gasteiger partial charge is 0.434 e. The lowest BCUT2D eigenvalue weighted by atomic mass is 9.97. The number of benzene rings is 2. The number of fused-ring (bicyclic) bond motifs is 1. The maximum atomic E-state index is 12.5. The first-order valence-corrected chi connectivity index (χ1v) is 10.5. The number of halogens is 6. The van der Waals surface area contributed by atoms with Crippen LogP contribution in [0.3, 0.4) is 0 Å². The number of alkyl halides is 6. The molecular formula is C19H18F6N2O4S. The molecule has 0 atom stereocenters. The third-order valence-corrected chi connectivity index (χ3v) is 5.83. The first kappa shape index (κ1) is 24.0. The summed E-state index contributed by atoms with van der Waals surface area (Å²) in [6, 6.07) is 12.3. The summed E-state index contributed by atoms with van der Waals surface area (Å²) in [5, 5.41) is 1.53. The quantitative estimate of drug-likeness (QED) is 0.495. The van der Waals surface area contributed by atoms with E-state index in [2.05, 4.69) is 4.74 Å². The van der Waals surface area contributed by atoms with Gasteiger partial charge in [-0.05, 0) is 23.8 Å². The molecule has 1 aliphatic rings. The molecule has 0 saturated carbocycles. The minimum atomic E-state index is -5.78. The molecule has 1 amide bonds. The van der Waals surface area contributed by atoms with Gasteiger partial charge in [-0.3, -0.25) is 4.31 Å². The summed E-state index contributed by atoms with van der Waals surface area (Å²) >= 11 is 0. The Morgan fingerprint density at radius 3 is 2.22 bits per heavy atom. The molecule has 32 heavy (non-hydrogen) atoms. The Balaban J connectivity index is 1.59. The normalized spacial score (nSPS) is 15.3. The lowest BCUT2D eigenvalue weighted by Crippen LogP contribution is -2.54. The Labute approximate surface area is 180 Å². The zero-order valence-electron chi connectivity index (χ0n) is 16.3. The van der Waals surface area contributed by atoms with Crippen LogP contribution in [0, 0.1) is 5.92 Å². The molecule has 13 heteroatoms. The highest BCUT2D eigenvalue weighted by Gasteiger charge is 2.60. The van der Waals surface area contributed by atoms with Gasteiger partial charge in [-0.1, -0.05) is 36.4 Å². The van der Waals surface area contributed by atoms with Crippen molar-refractivity contribution in [3.05, 3.63) is 42.5 Å². The van der Waals surface area contributed by atoms with Crippen molar-refractivity contribution in [1.29, 1.82) is 0 Å². The second-order valence-electron chi connectivity index (χ2n) is 7.27. The van der Waals surface area contributed by atoms with E-state index in [4.69, 9.17) is 0 Å². The Morgan fingerprint density at radius 1 is 1.03 bits per heavy atom. The number of likely N-dealkylation sites (tertiary alicyclic amines) is 1. The molecule has 2 aromatic rings. The number of ether oxygens (including phenoxy) is 1. The first-order chi connectivity index (χ1) is 14.9. The van der Waals surface area contributed by atoms with Crippen LogP contribution in [0.25, 0.3) is 10.8 Å². The third-order valence-electron chi connectivity index (χ3n) is 5.02. The molecule has 0 aromatic heterocycles. The summed E-state index contributed by atoms with van der Waals surface area (Å²) in [4.78, 5) is 12.4. The molecule has 0 N–H and O–H groups in total. The van der Waals surface area contributed by atoms with Gasteiger partial charge in [0.05, 0.1) is 5.69 Å². The summed E-state index contributed by atoms with van der Waals surface area (Å²) in [7, 11) is -3.01. The van der Waals surface area contributed by atoms with E-state index in [1.807, 2.05) is 12.1 Å². The number of carbonyl (C=O) groups is 1. The molecule has 3 rings (SSSR count). The fourth-order valence-corrected chi connectivity index (χ4v) is 4.05. The van der Waals surface area contributed by atoms with E-state index < -0.39 is 35.4 Å². The monoisotopic (exact) mass is 484 g/mol. The molecule has 6 nitrogen and oxygen atoms in total. The van der Waals surface area contributed by atoms with Gasteiger partial charge in [-0.2, -0.15) is 26.3 Å². The highest BCUT2D eigenvalue weighted by atomic mass is 32.2. The number of hydrogen-bond donors (Lipinski definition) is 1. The number of nitrogens with zero attached hydrogens (tertiary/aromatic N) is 2. The molecule has 0 spiro atoms. The van der Waals surface area contributed by atoms with Crippen LogP contribution >= 0.6 is 0 Å². The topological polar surface area (TPSA) is 66.9 Å². The maximum absolute atomic E-state index is 12.5. The Morgan fingerprint density at radius 2 is 1.62 bits per heavy atom. The van der Waals surface area contributed by atoms with Gasteiger partial charge < -0.3 is 9.64 Å². The van der Waals surface area contributed by atoms with E-state index in [9.17, 15) is 39.6 Å². The van der Waals surface area contributed by atoms with Gasteiger partial charge in [0.25, 0.3) is 6.10 Å². The van der Waals surface area contributed by atoms with Crippen LogP contribution in [0.4, 0.5) is 36.8 Å². The standard InChI is InChI=1S/C19H18F6N2O4S/c20-18(21,22)16(19(23,24)25)31-17(28)26-10-12(11-26)8-9-27(32(29)30)15-7-3-5-13-4-1-2-6-14(13)15/h1-7,12,16,32H,8-11H2. The van der Waals surface area contributed by atoms with Gasteiger partial charge in [0.1, 0.15) is 0 Å². The summed E-state index contributed by atoms with van der Waals surface area (Å²) in [5.41, 5.74) is 0.452. The zero-order chi connectivity index (χ0) is 23.7. The lowest BCUT2D eigenvalue weighted by molar-refractivity contribution is -0.309. The number of thiol groups is 1. The highest BCUT2D eigenvalue weighted by molar-refractivity contribution is 7.74. The van der Waals surface area contributed by atoms with E-state index >= 15 is 0 Å². The number of rotatable bonds is 6. The number of amides is 1. The fraction of sp³-hybridized carbons (Fsp3) is 0.421. The maximum Gasteiger partial charge on any atom is 0.434 e. The van der Waals surface area contributed by atoms with Crippen LogP contribution in [0.15, 0.2) is 42.5 Å². The number of anilines is 1. The minimum Gasteiger partial charge on any atom is -0.426 e. The molecule has 1 aliphatic heterocycles. The van der Waals surface area contributed by atoms with Crippen molar-refractivity contribution in [2.75, 3.05) is 23.9 Å². The van der Waals surface area contributed by atoms with Gasteiger partial charge in [-0.15, -0.1) is 0 Å². The van der Waals surface area contributed by atoms with Crippen molar-refractivity contribution in [2.45, 2.75) is 24.9 Å². The van der Waals surface area contributed by atoms with Crippen LogP contribution in [0.2, 0.25) is 0 Å². The van der Waals surface area contributed by atoms with E-state index in [0.717, 1.165) is 9.69 Å². The third kappa shape index (κ3) is 5.37. The summed E-state index contributed by atoms with van der Waals surface area (Å²) in [6.45, 7) is -0.242. The molecule has 2 aromatic carbocycles. The van der Waals surface area contributed by atoms with Crippen molar-refractivity contribution in [3.8, 4) is 0 Å².